The van der Waals surface area contributed by atoms with Gasteiger partial charge in [0.25, 0.3) is 0 Å². The Labute approximate surface area is 184 Å². The molecule has 0 atom stereocenters. The van der Waals surface area contributed by atoms with E-state index in [0.29, 0.717) is 11.0 Å². The fraction of sp³-hybridized carbons (Fsp3) is 0.409. The Bertz CT molecular complexity index is 975. The third kappa shape index (κ3) is 5.51. The monoisotopic (exact) mass is 442 g/mol. The van der Waals surface area contributed by atoms with Crippen molar-refractivity contribution < 1.29 is 9.53 Å². The highest BCUT2D eigenvalue weighted by atomic mass is 32.1. The van der Waals surface area contributed by atoms with Crippen molar-refractivity contribution >= 4 is 33.7 Å². The lowest BCUT2D eigenvalue weighted by Crippen LogP contribution is -2.35. The predicted octanol–water partition coefficient (Wildman–Crippen LogP) is 4.40. The SMILES string of the molecule is CC(C)c1csc(NC(=O)Cc2csc(-c3ccc(CN4CCOCC4)cc3)n2)n1. The first kappa shape index (κ1) is 21.1. The summed E-state index contributed by atoms with van der Waals surface area (Å²) < 4.78 is 5.41. The molecule has 1 N–H and O–H groups in total. The van der Waals surface area contributed by atoms with Gasteiger partial charge in [-0.3, -0.25) is 9.69 Å². The number of rotatable bonds is 7. The minimum Gasteiger partial charge on any atom is -0.379 e. The summed E-state index contributed by atoms with van der Waals surface area (Å²) in [5, 5.41) is 8.41. The van der Waals surface area contributed by atoms with Crippen LogP contribution in [0.4, 0.5) is 5.13 Å². The summed E-state index contributed by atoms with van der Waals surface area (Å²) in [6.45, 7) is 8.73. The van der Waals surface area contributed by atoms with E-state index < -0.39 is 0 Å². The maximum absolute atomic E-state index is 12.3. The molecule has 0 radical (unpaired) electrons. The summed E-state index contributed by atoms with van der Waals surface area (Å²) in [4.78, 5) is 23.9. The number of nitrogens with zero attached hydrogens (tertiary/aromatic N) is 3. The van der Waals surface area contributed by atoms with Crippen molar-refractivity contribution in [3.8, 4) is 10.6 Å². The molecule has 0 spiro atoms. The number of thiazole rings is 2. The molecule has 30 heavy (non-hydrogen) atoms. The number of nitrogens with one attached hydrogen (secondary N) is 1. The van der Waals surface area contributed by atoms with Crippen LogP contribution in [0.15, 0.2) is 35.0 Å². The molecule has 1 aliphatic rings. The Hall–Kier alpha value is -2.13. The van der Waals surface area contributed by atoms with Gasteiger partial charge in [-0.15, -0.1) is 22.7 Å². The van der Waals surface area contributed by atoms with E-state index in [1.54, 1.807) is 11.3 Å². The summed E-state index contributed by atoms with van der Waals surface area (Å²) in [5.74, 6) is 0.269. The number of hydrogen-bond donors (Lipinski definition) is 1. The highest BCUT2D eigenvalue weighted by Crippen LogP contribution is 2.25. The average Bonchev–Trinajstić information content (AvgIpc) is 3.39. The number of anilines is 1. The van der Waals surface area contributed by atoms with E-state index in [0.717, 1.165) is 54.8 Å². The first-order valence-electron chi connectivity index (χ1n) is 10.2. The standard InChI is InChI=1S/C22H26N4O2S2/c1-15(2)19-14-30-22(24-19)25-20(27)11-18-13-29-21(23-18)17-5-3-16(4-6-17)12-26-7-9-28-10-8-26/h3-6,13-15H,7-12H2,1-2H3,(H,24,25,27). The van der Waals surface area contributed by atoms with Crippen molar-refractivity contribution in [3.05, 3.63) is 52.0 Å². The van der Waals surface area contributed by atoms with Gasteiger partial charge in [0.05, 0.1) is 31.0 Å². The first-order valence-corrected chi connectivity index (χ1v) is 11.9. The smallest absolute Gasteiger partial charge is 0.232 e. The van der Waals surface area contributed by atoms with Crippen molar-refractivity contribution in [2.75, 3.05) is 31.6 Å². The molecule has 2 aromatic heterocycles. The van der Waals surface area contributed by atoms with Crippen molar-refractivity contribution in [1.82, 2.24) is 14.9 Å². The average molecular weight is 443 g/mol. The Balaban J connectivity index is 1.33. The van der Waals surface area contributed by atoms with Gasteiger partial charge in [-0.2, -0.15) is 0 Å². The number of morpholine rings is 1. The molecule has 0 saturated carbocycles. The molecular weight excluding hydrogens is 416 g/mol. The molecule has 4 rings (SSSR count). The van der Waals surface area contributed by atoms with E-state index in [9.17, 15) is 4.79 Å². The van der Waals surface area contributed by atoms with Crippen molar-refractivity contribution in [3.63, 3.8) is 0 Å². The molecule has 1 saturated heterocycles. The van der Waals surface area contributed by atoms with Crippen LogP contribution in [0.5, 0.6) is 0 Å². The number of ether oxygens (including phenoxy) is 1. The van der Waals surface area contributed by atoms with E-state index in [1.165, 1.54) is 16.9 Å². The van der Waals surface area contributed by atoms with Crippen LogP contribution in [0.25, 0.3) is 10.6 Å². The van der Waals surface area contributed by atoms with Crippen LogP contribution in [-0.4, -0.2) is 47.1 Å². The van der Waals surface area contributed by atoms with Gasteiger partial charge in [-0.1, -0.05) is 38.1 Å². The largest absolute Gasteiger partial charge is 0.379 e. The third-order valence-electron chi connectivity index (χ3n) is 4.96. The molecule has 1 aliphatic heterocycles. The summed E-state index contributed by atoms with van der Waals surface area (Å²) in [6.07, 6.45) is 0.252. The summed E-state index contributed by atoms with van der Waals surface area (Å²) in [5.41, 5.74) is 4.16. The van der Waals surface area contributed by atoms with Crippen LogP contribution >= 0.6 is 22.7 Å². The fourth-order valence-electron chi connectivity index (χ4n) is 3.23. The lowest BCUT2D eigenvalue weighted by Gasteiger charge is -2.26. The van der Waals surface area contributed by atoms with Crippen LogP contribution in [0.3, 0.4) is 0 Å². The van der Waals surface area contributed by atoms with E-state index in [4.69, 9.17) is 4.74 Å². The molecule has 3 aromatic rings. The van der Waals surface area contributed by atoms with Crippen LogP contribution < -0.4 is 5.32 Å². The molecule has 158 valence electrons. The van der Waals surface area contributed by atoms with Gasteiger partial charge in [0.2, 0.25) is 5.91 Å². The molecular formula is C22H26N4O2S2. The zero-order valence-electron chi connectivity index (χ0n) is 17.3. The van der Waals surface area contributed by atoms with Crippen molar-refractivity contribution in [1.29, 1.82) is 0 Å². The van der Waals surface area contributed by atoms with E-state index in [1.807, 2.05) is 10.8 Å². The van der Waals surface area contributed by atoms with Gasteiger partial charge in [0.15, 0.2) is 5.13 Å². The lowest BCUT2D eigenvalue weighted by molar-refractivity contribution is -0.115. The van der Waals surface area contributed by atoms with Crippen molar-refractivity contribution in [2.45, 2.75) is 32.7 Å². The van der Waals surface area contributed by atoms with Gasteiger partial charge < -0.3 is 10.1 Å². The minimum absolute atomic E-state index is 0.0858. The Morgan fingerprint density at radius 3 is 2.60 bits per heavy atom. The molecule has 0 aliphatic carbocycles. The zero-order chi connectivity index (χ0) is 20.9. The van der Waals surface area contributed by atoms with E-state index >= 15 is 0 Å². The Kier molecular flexibility index (Phi) is 6.89. The molecule has 1 aromatic carbocycles. The maximum atomic E-state index is 12.3. The van der Waals surface area contributed by atoms with Crippen LogP contribution in [0, 0.1) is 0 Å². The highest BCUT2D eigenvalue weighted by molar-refractivity contribution is 7.14. The third-order valence-corrected chi connectivity index (χ3v) is 6.68. The number of benzene rings is 1. The number of amides is 1. The van der Waals surface area contributed by atoms with E-state index in [2.05, 4.69) is 58.3 Å². The second-order valence-electron chi connectivity index (χ2n) is 7.69. The van der Waals surface area contributed by atoms with Gasteiger partial charge in [0.1, 0.15) is 5.01 Å². The summed E-state index contributed by atoms with van der Waals surface area (Å²) in [6, 6.07) is 8.55. The van der Waals surface area contributed by atoms with Crippen LogP contribution in [-0.2, 0) is 22.5 Å². The van der Waals surface area contributed by atoms with Gasteiger partial charge in [-0.25, -0.2) is 9.97 Å². The van der Waals surface area contributed by atoms with Gasteiger partial charge >= 0.3 is 0 Å². The number of carbonyl (C=O) groups excluding carboxylic acids is 1. The maximum Gasteiger partial charge on any atom is 0.232 e. The fourth-order valence-corrected chi connectivity index (χ4v) is 4.94. The second kappa shape index (κ2) is 9.78. The highest BCUT2D eigenvalue weighted by Gasteiger charge is 2.13. The first-order chi connectivity index (χ1) is 14.6. The zero-order valence-corrected chi connectivity index (χ0v) is 18.9. The molecule has 1 fully saturated rings. The van der Waals surface area contributed by atoms with E-state index in [-0.39, 0.29) is 12.3 Å². The lowest BCUT2D eigenvalue weighted by atomic mass is 10.1. The van der Waals surface area contributed by atoms with Crippen molar-refractivity contribution in [2.24, 2.45) is 0 Å². The number of carbonyl (C=O) groups is 1. The summed E-state index contributed by atoms with van der Waals surface area (Å²) in [7, 11) is 0. The predicted molar refractivity (Wildman–Crippen MR) is 122 cm³/mol. The number of aromatic nitrogens is 2. The molecule has 0 unspecified atom stereocenters. The minimum atomic E-state index is -0.0858. The van der Waals surface area contributed by atoms with Crippen LogP contribution in [0.2, 0.25) is 0 Å². The Morgan fingerprint density at radius 1 is 1.13 bits per heavy atom. The van der Waals surface area contributed by atoms with Gasteiger partial charge in [-0.05, 0) is 11.5 Å². The molecule has 6 nitrogen and oxygen atoms in total. The quantitative estimate of drug-likeness (QED) is 0.587. The second-order valence-corrected chi connectivity index (χ2v) is 9.40. The number of hydrogen-bond acceptors (Lipinski definition) is 7. The molecule has 1 amide bonds. The Morgan fingerprint density at radius 2 is 1.90 bits per heavy atom. The molecule has 8 heteroatoms. The van der Waals surface area contributed by atoms with Gasteiger partial charge in [0, 0.05) is 36.0 Å². The topological polar surface area (TPSA) is 67.4 Å². The molecule has 3 heterocycles. The van der Waals surface area contributed by atoms with Crippen LogP contribution in [0.1, 0.15) is 36.7 Å². The summed E-state index contributed by atoms with van der Waals surface area (Å²) >= 11 is 3.03. The normalized spacial score (nSPS) is 14.9. The molecule has 0 bridgehead atoms.